The molecular formula is C33H38O8S. The van der Waals surface area contributed by atoms with Crippen molar-refractivity contribution in [2.24, 2.45) is 0 Å². The van der Waals surface area contributed by atoms with Crippen molar-refractivity contribution < 1.29 is 36.3 Å². The summed E-state index contributed by atoms with van der Waals surface area (Å²) >= 11 is 0. The minimum atomic E-state index is -4.16. The van der Waals surface area contributed by atoms with Crippen LogP contribution in [0.3, 0.4) is 0 Å². The fraction of sp³-hybridized carbons (Fsp3) is 0.394. The van der Waals surface area contributed by atoms with E-state index in [-0.39, 0.29) is 31.1 Å². The molecule has 0 aromatic heterocycles. The molecule has 9 heteroatoms. The number of rotatable bonds is 13. The summed E-state index contributed by atoms with van der Waals surface area (Å²) in [6, 6.07) is 25.9. The van der Waals surface area contributed by atoms with Crippen LogP contribution < -0.4 is 0 Å². The first-order valence-corrected chi connectivity index (χ1v) is 15.4. The third-order valence-electron chi connectivity index (χ3n) is 7.62. The smallest absolute Gasteiger partial charge is 0.297 e. The Bertz CT molecular complexity index is 1440. The van der Waals surface area contributed by atoms with Crippen molar-refractivity contribution in [1.29, 1.82) is 0 Å². The van der Waals surface area contributed by atoms with Crippen molar-refractivity contribution in [3.8, 4) is 0 Å². The lowest BCUT2D eigenvalue weighted by Gasteiger charge is -2.45. The highest BCUT2D eigenvalue weighted by Crippen LogP contribution is 2.53. The standard InChI is InChI=1S/C33H38O8S/c1-5-20-33(37-22-27-14-10-7-11-15-27)29-30(40-31(3,4)39-29)41-32(33,23-36-21-26-12-8-6-9-13-26)24-38-42(34,35)28-18-16-25(2)17-19-28/h5-19,29-30H,1,20-24H2,2-4H3/t29-,30-,32-,33-/m0/s1. The second kappa shape index (κ2) is 12.4. The molecule has 0 spiro atoms. The first-order chi connectivity index (χ1) is 20.1. The predicted octanol–water partition coefficient (Wildman–Crippen LogP) is 5.70. The summed E-state index contributed by atoms with van der Waals surface area (Å²) in [6.45, 7) is 9.50. The van der Waals surface area contributed by atoms with Crippen molar-refractivity contribution in [3.63, 3.8) is 0 Å². The molecule has 2 aliphatic heterocycles. The van der Waals surface area contributed by atoms with E-state index in [9.17, 15) is 8.42 Å². The van der Waals surface area contributed by atoms with Crippen LogP contribution in [0.5, 0.6) is 0 Å². The van der Waals surface area contributed by atoms with Gasteiger partial charge in [0.2, 0.25) is 0 Å². The molecule has 3 aromatic rings. The van der Waals surface area contributed by atoms with E-state index in [0.29, 0.717) is 0 Å². The summed E-state index contributed by atoms with van der Waals surface area (Å²) in [6.07, 6.45) is 0.386. The Hall–Kier alpha value is -2.89. The number of fused-ring (bicyclic) bond motifs is 1. The molecule has 0 aliphatic carbocycles. The van der Waals surface area contributed by atoms with Gasteiger partial charge in [-0.1, -0.05) is 84.4 Å². The fourth-order valence-electron chi connectivity index (χ4n) is 5.50. The fourth-order valence-corrected chi connectivity index (χ4v) is 6.45. The second-order valence-corrected chi connectivity index (χ2v) is 12.8. The normalized spacial score (nSPS) is 26.6. The molecule has 2 heterocycles. The van der Waals surface area contributed by atoms with Gasteiger partial charge in [-0.15, -0.1) is 6.58 Å². The Morgan fingerprint density at radius 2 is 1.45 bits per heavy atom. The topological polar surface area (TPSA) is 89.5 Å². The zero-order chi connectivity index (χ0) is 29.8. The van der Waals surface area contributed by atoms with Gasteiger partial charge in [0.1, 0.15) is 18.3 Å². The maximum Gasteiger partial charge on any atom is 0.297 e. The molecule has 0 unspecified atom stereocenters. The summed E-state index contributed by atoms with van der Waals surface area (Å²) in [5, 5.41) is 0. The van der Waals surface area contributed by atoms with Crippen LogP contribution in [-0.2, 0) is 51.2 Å². The largest absolute Gasteiger partial charge is 0.374 e. The van der Waals surface area contributed by atoms with Gasteiger partial charge in [-0.2, -0.15) is 8.42 Å². The van der Waals surface area contributed by atoms with Crippen LogP contribution in [0.1, 0.15) is 37.0 Å². The highest BCUT2D eigenvalue weighted by molar-refractivity contribution is 7.86. The van der Waals surface area contributed by atoms with E-state index < -0.39 is 46.1 Å². The molecule has 224 valence electrons. The van der Waals surface area contributed by atoms with Crippen LogP contribution in [0.15, 0.2) is 102 Å². The Morgan fingerprint density at radius 3 is 2.07 bits per heavy atom. The Labute approximate surface area is 248 Å². The van der Waals surface area contributed by atoms with Gasteiger partial charge in [-0.3, -0.25) is 4.18 Å². The van der Waals surface area contributed by atoms with Gasteiger partial charge in [0, 0.05) is 0 Å². The first kappa shape index (κ1) is 30.6. The van der Waals surface area contributed by atoms with Crippen molar-refractivity contribution >= 4 is 10.1 Å². The van der Waals surface area contributed by atoms with Gasteiger partial charge in [0.25, 0.3) is 10.1 Å². The van der Waals surface area contributed by atoms with E-state index in [0.717, 1.165) is 16.7 Å². The van der Waals surface area contributed by atoms with E-state index in [2.05, 4.69) is 6.58 Å². The SMILES string of the molecule is C=CC[C@]1(OCc2ccccc2)[C@H]2OC(C)(C)O[C@H]2O[C@@]1(COCc1ccccc1)COS(=O)(=O)c1ccc(C)cc1. The maximum absolute atomic E-state index is 13.4. The molecule has 0 N–H and O–H groups in total. The number of ether oxygens (including phenoxy) is 5. The average molecular weight is 595 g/mol. The zero-order valence-corrected chi connectivity index (χ0v) is 25.0. The van der Waals surface area contributed by atoms with Crippen molar-refractivity contribution in [1.82, 2.24) is 0 Å². The maximum atomic E-state index is 13.4. The lowest BCUT2D eigenvalue weighted by atomic mass is 9.78. The number of hydrogen-bond donors (Lipinski definition) is 0. The molecule has 2 aliphatic rings. The van der Waals surface area contributed by atoms with E-state index in [1.54, 1.807) is 32.1 Å². The van der Waals surface area contributed by atoms with Crippen LogP contribution in [-0.4, -0.2) is 51.0 Å². The summed E-state index contributed by atoms with van der Waals surface area (Å²) in [5.74, 6) is -0.955. The molecule has 5 rings (SSSR count). The molecule has 0 bridgehead atoms. The molecule has 8 nitrogen and oxygen atoms in total. The summed E-state index contributed by atoms with van der Waals surface area (Å²) in [5.41, 5.74) is 0.0848. The third kappa shape index (κ3) is 6.38. The highest BCUT2D eigenvalue weighted by atomic mass is 32.2. The molecule has 2 saturated heterocycles. The number of aryl methyl sites for hydroxylation is 1. The summed E-state index contributed by atoms with van der Waals surface area (Å²) < 4.78 is 64.7. The third-order valence-corrected chi connectivity index (χ3v) is 8.90. The first-order valence-electron chi connectivity index (χ1n) is 14.0. The van der Waals surface area contributed by atoms with Gasteiger partial charge < -0.3 is 23.7 Å². The summed E-state index contributed by atoms with van der Waals surface area (Å²) in [4.78, 5) is 0.0415. The van der Waals surface area contributed by atoms with Crippen LogP contribution in [0.25, 0.3) is 0 Å². The lowest BCUT2D eigenvalue weighted by molar-refractivity contribution is -0.285. The van der Waals surface area contributed by atoms with Crippen molar-refractivity contribution in [2.45, 2.75) is 74.7 Å². The van der Waals surface area contributed by atoms with Gasteiger partial charge >= 0.3 is 0 Å². The molecular weight excluding hydrogens is 556 g/mol. The second-order valence-electron chi connectivity index (χ2n) is 11.2. The minimum absolute atomic E-state index is 0.0415. The molecule has 4 atom stereocenters. The number of benzene rings is 3. The Balaban J connectivity index is 1.52. The van der Waals surface area contributed by atoms with Crippen LogP contribution >= 0.6 is 0 Å². The van der Waals surface area contributed by atoms with Gasteiger partial charge in [-0.05, 0) is 50.5 Å². The zero-order valence-electron chi connectivity index (χ0n) is 24.2. The van der Waals surface area contributed by atoms with Crippen LogP contribution in [0, 0.1) is 6.92 Å². The summed E-state index contributed by atoms with van der Waals surface area (Å²) in [7, 11) is -4.16. The Kier molecular flexibility index (Phi) is 9.01. The van der Waals surface area contributed by atoms with E-state index >= 15 is 0 Å². The monoisotopic (exact) mass is 594 g/mol. The molecule has 42 heavy (non-hydrogen) atoms. The molecule has 0 saturated carbocycles. The van der Waals surface area contributed by atoms with Gasteiger partial charge in [0.05, 0.1) is 24.7 Å². The molecule has 3 aromatic carbocycles. The highest BCUT2D eigenvalue weighted by Gasteiger charge is 2.72. The van der Waals surface area contributed by atoms with Crippen molar-refractivity contribution in [2.75, 3.05) is 13.2 Å². The molecule has 0 radical (unpaired) electrons. The number of hydrogen-bond acceptors (Lipinski definition) is 8. The van der Waals surface area contributed by atoms with Crippen molar-refractivity contribution in [3.05, 3.63) is 114 Å². The minimum Gasteiger partial charge on any atom is -0.374 e. The lowest BCUT2D eigenvalue weighted by Crippen LogP contribution is -2.63. The van der Waals surface area contributed by atoms with Gasteiger partial charge in [-0.25, -0.2) is 0 Å². The van der Waals surface area contributed by atoms with E-state index in [4.69, 9.17) is 27.9 Å². The predicted molar refractivity (Wildman–Crippen MR) is 157 cm³/mol. The Morgan fingerprint density at radius 1 is 0.833 bits per heavy atom. The molecule has 2 fully saturated rings. The molecule has 0 amide bonds. The quantitative estimate of drug-likeness (QED) is 0.184. The van der Waals surface area contributed by atoms with E-state index in [1.807, 2.05) is 67.6 Å². The van der Waals surface area contributed by atoms with Gasteiger partial charge in [0.15, 0.2) is 17.7 Å². The van der Waals surface area contributed by atoms with Crippen LogP contribution in [0.2, 0.25) is 0 Å². The van der Waals surface area contributed by atoms with Crippen LogP contribution in [0.4, 0.5) is 0 Å². The average Bonchev–Trinajstić information content (AvgIpc) is 3.40. The van der Waals surface area contributed by atoms with E-state index in [1.165, 1.54) is 12.1 Å².